The van der Waals surface area contributed by atoms with E-state index in [2.05, 4.69) is 39.9 Å². The largest absolute Gasteiger partial charge is 0.466 e. The first-order chi connectivity index (χ1) is 29.0. The molecule has 0 amide bonds. The Morgan fingerprint density at radius 1 is 0.373 bits per heavy atom. The lowest BCUT2D eigenvalue weighted by Crippen LogP contribution is -2.17. The Morgan fingerprint density at radius 3 is 1.05 bits per heavy atom. The molecule has 0 heterocycles. The van der Waals surface area contributed by atoms with Crippen molar-refractivity contribution in [3.8, 4) is 0 Å². The van der Waals surface area contributed by atoms with Crippen LogP contribution in [0.5, 0.6) is 0 Å². The number of esters is 2. The zero-order chi connectivity index (χ0) is 43.1. The van der Waals surface area contributed by atoms with Crippen LogP contribution in [-0.4, -0.2) is 51.5 Å². The van der Waals surface area contributed by atoms with Crippen LogP contribution in [0.2, 0.25) is 0 Å². The molecular weight excluding hydrogens is 731 g/mol. The number of rotatable bonds is 49. The van der Waals surface area contributed by atoms with Crippen LogP contribution < -0.4 is 5.32 Å². The second-order valence-corrected chi connectivity index (χ2v) is 18.4. The van der Waals surface area contributed by atoms with Gasteiger partial charge >= 0.3 is 11.9 Å². The summed E-state index contributed by atoms with van der Waals surface area (Å²) < 4.78 is 17.5. The Balaban J connectivity index is 4.08. The lowest BCUT2D eigenvalue weighted by Gasteiger charge is -2.17. The first-order valence-corrected chi connectivity index (χ1v) is 26.6. The maximum atomic E-state index is 12.5. The summed E-state index contributed by atoms with van der Waals surface area (Å²) in [6.07, 6.45) is 44.9. The van der Waals surface area contributed by atoms with Gasteiger partial charge in [0.05, 0.1) is 13.2 Å². The van der Waals surface area contributed by atoms with Crippen molar-refractivity contribution in [1.29, 1.82) is 0 Å². The molecule has 0 spiro atoms. The Labute approximate surface area is 369 Å². The van der Waals surface area contributed by atoms with Crippen LogP contribution >= 0.6 is 0 Å². The van der Waals surface area contributed by atoms with E-state index in [1.807, 2.05) is 0 Å². The van der Waals surface area contributed by atoms with Crippen LogP contribution in [0.25, 0.3) is 0 Å². The van der Waals surface area contributed by atoms with Gasteiger partial charge < -0.3 is 19.5 Å². The molecule has 0 atom stereocenters. The summed E-state index contributed by atoms with van der Waals surface area (Å²) in [6, 6.07) is 0. The van der Waals surface area contributed by atoms with Crippen molar-refractivity contribution in [1.82, 2.24) is 5.32 Å². The highest BCUT2D eigenvalue weighted by molar-refractivity contribution is 5.70. The Bertz CT molecular complexity index is 772. The third-order valence-corrected chi connectivity index (χ3v) is 12.6. The molecule has 352 valence electrons. The van der Waals surface area contributed by atoms with Gasteiger partial charge in [0.25, 0.3) is 0 Å². The smallest absolute Gasteiger partial charge is 0.306 e. The molecule has 0 radical (unpaired) electrons. The number of hydrogen-bond donors (Lipinski definition) is 1. The molecule has 0 aliphatic carbocycles. The van der Waals surface area contributed by atoms with E-state index in [1.165, 1.54) is 205 Å². The van der Waals surface area contributed by atoms with Gasteiger partial charge in [-0.25, -0.2) is 0 Å². The fourth-order valence-electron chi connectivity index (χ4n) is 8.62. The van der Waals surface area contributed by atoms with Crippen LogP contribution in [0, 0.1) is 17.8 Å². The summed E-state index contributed by atoms with van der Waals surface area (Å²) in [5.74, 6) is 1.80. The number of ether oxygens (including phenoxy) is 3. The van der Waals surface area contributed by atoms with Gasteiger partial charge in [-0.2, -0.15) is 0 Å². The highest BCUT2D eigenvalue weighted by Gasteiger charge is 2.16. The van der Waals surface area contributed by atoms with E-state index in [-0.39, 0.29) is 11.9 Å². The van der Waals surface area contributed by atoms with E-state index < -0.39 is 0 Å². The second-order valence-electron chi connectivity index (χ2n) is 18.4. The van der Waals surface area contributed by atoms with E-state index in [0.717, 1.165) is 45.6 Å². The van der Waals surface area contributed by atoms with Crippen molar-refractivity contribution < 1.29 is 23.8 Å². The van der Waals surface area contributed by atoms with E-state index in [1.54, 1.807) is 0 Å². The average molecular weight is 836 g/mol. The first kappa shape index (κ1) is 57.9. The summed E-state index contributed by atoms with van der Waals surface area (Å²) in [5, 5.41) is 3.41. The molecule has 6 nitrogen and oxygen atoms in total. The quantitative estimate of drug-likeness (QED) is 0.0486. The average Bonchev–Trinajstić information content (AvgIpc) is 3.22. The second kappa shape index (κ2) is 47.9. The fourth-order valence-corrected chi connectivity index (χ4v) is 8.62. The first-order valence-electron chi connectivity index (χ1n) is 26.6. The number of nitrogens with one attached hydrogen (secondary N) is 1. The molecule has 0 saturated carbocycles. The Hall–Kier alpha value is -1.14. The zero-order valence-electron chi connectivity index (χ0n) is 40.7. The number of carbonyl (C=O) groups excluding carboxylic acids is 2. The third kappa shape index (κ3) is 43.3. The summed E-state index contributed by atoms with van der Waals surface area (Å²) >= 11 is 0. The van der Waals surface area contributed by atoms with Crippen LogP contribution in [0.4, 0.5) is 0 Å². The fraction of sp³-hybridized carbons (Fsp3) is 0.962. The van der Waals surface area contributed by atoms with Crippen LogP contribution in [0.3, 0.4) is 0 Å². The molecule has 0 aromatic heterocycles. The minimum Gasteiger partial charge on any atom is -0.466 e. The summed E-state index contributed by atoms with van der Waals surface area (Å²) in [5.41, 5.74) is 0. The molecule has 1 N–H and O–H groups in total. The predicted octanol–water partition coefficient (Wildman–Crippen LogP) is 16.1. The summed E-state index contributed by atoms with van der Waals surface area (Å²) in [7, 11) is 0. The topological polar surface area (TPSA) is 73.9 Å². The Kier molecular flexibility index (Phi) is 47.0. The van der Waals surface area contributed by atoms with Crippen LogP contribution in [0.15, 0.2) is 0 Å². The lowest BCUT2D eigenvalue weighted by atomic mass is 9.92. The van der Waals surface area contributed by atoms with E-state index in [0.29, 0.717) is 43.8 Å². The SMILES string of the molecule is CCCCCC(CCCCC)CC(=O)OCCCCCCCCCCC(CCCCCCCCCCOC(=O)CC(CCCCC)CCCCC)COCCCNCC. The van der Waals surface area contributed by atoms with Crippen LogP contribution in [0.1, 0.15) is 272 Å². The van der Waals surface area contributed by atoms with Gasteiger partial charge in [0.15, 0.2) is 0 Å². The molecule has 0 aromatic carbocycles. The van der Waals surface area contributed by atoms with Gasteiger partial charge in [0.1, 0.15) is 0 Å². The third-order valence-electron chi connectivity index (χ3n) is 12.6. The summed E-state index contributed by atoms with van der Waals surface area (Å²) in [6.45, 7) is 16.3. The van der Waals surface area contributed by atoms with E-state index in [4.69, 9.17) is 14.2 Å². The van der Waals surface area contributed by atoms with Gasteiger partial charge in [-0.05, 0) is 88.6 Å². The summed E-state index contributed by atoms with van der Waals surface area (Å²) in [4.78, 5) is 25.0. The van der Waals surface area contributed by atoms with Crippen molar-refractivity contribution in [2.45, 2.75) is 272 Å². The highest BCUT2D eigenvalue weighted by Crippen LogP contribution is 2.24. The molecule has 0 rings (SSSR count). The monoisotopic (exact) mass is 836 g/mol. The van der Waals surface area contributed by atoms with Crippen molar-refractivity contribution in [3.05, 3.63) is 0 Å². The number of unbranched alkanes of at least 4 members (excludes halogenated alkanes) is 22. The molecule has 0 saturated heterocycles. The highest BCUT2D eigenvalue weighted by atomic mass is 16.5. The van der Waals surface area contributed by atoms with Crippen molar-refractivity contribution in [2.75, 3.05) is 39.5 Å². The number of hydrogen-bond acceptors (Lipinski definition) is 6. The predicted molar refractivity (Wildman–Crippen MR) is 255 cm³/mol. The lowest BCUT2D eigenvalue weighted by molar-refractivity contribution is -0.146. The molecule has 0 bridgehead atoms. The van der Waals surface area contributed by atoms with Gasteiger partial charge in [-0.15, -0.1) is 0 Å². The molecule has 0 fully saturated rings. The minimum absolute atomic E-state index is 0.0355. The molecule has 0 aromatic rings. The van der Waals surface area contributed by atoms with Gasteiger partial charge in [-0.1, -0.05) is 202 Å². The minimum atomic E-state index is 0.0355. The molecule has 0 aliphatic rings. The zero-order valence-corrected chi connectivity index (χ0v) is 40.7. The maximum Gasteiger partial charge on any atom is 0.306 e. The van der Waals surface area contributed by atoms with Crippen LogP contribution in [-0.2, 0) is 23.8 Å². The number of carbonyl (C=O) groups is 2. The maximum absolute atomic E-state index is 12.5. The van der Waals surface area contributed by atoms with Crippen molar-refractivity contribution >= 4 is 11.9 Å². The van der Waals surface area contributed by atoms with E-state index >= 15 is 0 Å². The Morgan fingerprint density at radius 2 is 0.695 bits per heavy atom. The van der Waals surface area contributed by atoms with Gasteiger partial charge in [0, 0.05) is 26.1 Å². The molecule has 0 aliphatic heterocycles. The van der Waals surface area contributed by atoms with E-state index in [9.17, 15) is 9.59 Å². The van der Waals surface area contributed by atoms with Gasteiger partial charge in [0.2, 0.25) is 0 Å². The van der Waals surface area contributed by atoms with Crippen molar-refractivity contribution in [2.24, 2.45) is 17.8 Å². The molecule has 0 unspecified atom stereocenters. The molecule has 59 heavy (non-hydrogen) atoms. The molecular formula is C53H105NO5. The van der Waals surface area contributed by atoms with Crippen molar-refractivity contribution in [3.63, 3.8) is 0 Å². The standard InChI is InChI=1S/C53H105NO5/c1-6-11-27-36-49(37-28-12-7-2)46-52(55)58-44-33-25-21-17-15-19-23-31-40-51(48-57-43-35-42-54-10-5)41-32-24-20-16-18-22-26-34-45-59-53(56)47-50(38-29-13-8-3)39-30-14-9-4/h49-51,54H,6-48H2,1-5H3. The normalized spacial score (nSPS) is 11.7. The van der Waals surface area contributed by atoms with Gasteiger partial charge in [-0.3, -0.25) is 9.59 Å². The molecule has 6 heteroatoms.